The summed E-state index contributed by atoms with van der Waals surface area (Å²) >= 11 is 0. The quantitative estimate of drug-likeness (QED) is 0.127. The predicted molar refractivity (Wildman–Crippen MR) is 227 cm³/mol. The molecule has 0 aliphatic heterocycles. The number of hydrogen-bond acceptors (Lipinski definition) is 6. The maximum absolute atomic E-state index is 4.63. The number of aryl methyl sites for hydroxylation is 7. The van der Waals surface area contributed by atoms with Crippen LogP contribution in [0.2, 0.25) is 0 Å². The molecule has 0 N–H and O–H groups in total. The molecule has 0 bridgehead atoms. The van der Waals surface area contributed by atoms with Gasteiger partial charge in [-0.15, -0.1) is 101 Å². The molecule has 7 rings (SSSR count). The maximum atomic E-state index is 4.63. The fourth-order valence-electron chi connectivity index (χ4n) is 6.06. The van der Waals surface area contributed by atoms with Crippen LogP contribution in [0.4, 0.5) is 0 Å². The van der Waals surface area contributed by atoms with Crippen LogP contribution in [0, 0.1) is 25.1 Å². The third kappa shape index (κ3) is 14.4. The van der Waals surface area contributed by atoms with Crippen LogP contribution < -0.4 is 0 Å². The van der Waals surface area contributed by atoms with E-state index in [1.165, 1.54) is 16.7 Å². The Bertz CT molecular complexity index is 2270. The van der Waals surface area contributed by atoms with Crippen molar-refractivity contribution in [2.45, 2.75) is 92.4 Å². The molecule has 319 valence electrons. The largest absolute Gasteiger partial charge is 0.263 e. The molecule has 0 aliphatic rings. The van der Waals surface area contributed by atoms with E-state index in [1.54, 1.807) is 0 Å². The van der Waals surface area contributed by atoms with E-state index >= 15 is 0 Å². The summed E-state index contributed by atoms with van der Waals surface area (Å²) in [7, 11) is 5.83. The Balaban J connectivity index is 0.000000311. The van der Waals surface area contributed by atoms with Gasteiger partial charge in [-0.1, -0.05) is 83.9 Å². The molecule has 0 unspecified atom stereocenters. The van der Waals surface area contributed by atoms with Gasteiger partial charge in [0.25, 0.3) is 0 Å². The molecule has 12 heteroatoms. The Morgan fingerprint density at radius 3 is 1.39 bits per heavy atom. The van der Waals surface area contributed by atoms with Crippen LogP contribution in [-0.2, 0) is 106 Å². The molecule has 0 aliphatic carbocycles. The smallest absolute Gasteiger partial charge is 0.116 e. The van der Waals surface area contributed by atoms with Gasteiger partial charge in [0.15, 0.2) is 0 Å². The molecule has 3 aromatic heterocycles. The zero-order valence-corrected chi connectivity index (χ0v) is 43.0. The van der Waals surface area contributed by atoms with Gasteiger partial charge in [0.1, 0.15) is 17.5 Å². The van der Waals surface area contributed by atoms with Crippen LogP contribution in [0.3, 0.4) is 0 Å². The van der Waals surface area contributed by atoms with Gasteiger partial charge in [-0.05, 0) is 30.2 Å². The topological polar surface area (TPSA) is 92.1 Å². The third-order valence-electron chi connectivity index (χ3n) is 9.27. The average molecular weight is 1320 g/mol. The fraction of sp³-hybridized carbons (Fsp3) is 0.362. The Labute approximate surface area is 392 Å². The Kier molecular flexibility index (Phi) is 21.3. The van der Waals surface area contributed by atoms with Gasteiger partial charge in [0.2, 0.25) is 0 Å². The van der Waals surface area contributed by atoms with Crippen molar-refractivity contribution in [3.8, 4) is 45.3 Å². The van der Waals surface area contributed by atoms with E-state index in [0.717, 1.165) is 95.7 Å². The second-order valence-electron chi connectivity index (χ2n) is 15.1. The van der Waals surface area contributed by atoms with Crippen molar-refractivity contribution >= 4 is 0 Å². The summed E-state index contributed by atoms with van der Waals surface area (Å²) in [6, 6.07) is 38.4. The maximum Gasteiger partial charge on any atom is 0.116 e. The Morgan fingerprint density at radius 2 is 0.983 bits per heavy atom. The molecule has 0 fully saturated rings. The first-order valence-corrected chi connectivity index (χ1v) is 19.7. The summed E-state index contributed by atoms with van der Waals surface area (Å²) in [5.41, 5.74) is 7.96. The summed E-state index contributed by atoms with van der Waals surface area (Å²) in [6.45, 7) is 15.2. The van der Waals surface area contributed by atoms with Gasteiger partial charge in [-0.3, -0.25) is 29.0 Å². The monoisotopic (exact) mass is 1330 g/mol. The Hall–Kier alpha value is -3.75. The molecule has 0 amide bonds. The minimum atomic E-state index is 0. The first kappa shape index (κ1) is 51.4. The first-order valence-electron chi connectivity index (χ1n) is 19.7. The van der Waals surface area contributed by atoms with E-state index < -0.39 is 0 Å². The zero-order valence-electron chi connectivity index (χ0n) is 35.9. The number of aromatic nitrogens is 9. The first-order chi connectivity index (χ1) is 26.9. The number of nitrogens with zero attached hydrogens (tertiary/aromatic N) is 9. The molecular formula is C47H56Ir3N9-3. The van der Waals surface area contributed by atoms with Gasteiger partial charge >= 0.3 is 0 Å². The van der Waals surface area contributed by atoms with Crippen LogP contribution in [-0.4, -0.2) is 44.3 Å². The van der Waals surface area contributed by atoms with Crippen molar-refractivity contribution in [1.82, 2.24) is 44.3 Å². The van der Waals surface area contributed by atoms with E-state index in [2.05, 4.69) is 139 Å². The van der Waals surface area contributed by atoms with Crippen LogP contribution in [0.5, 0.6) is 0 Å². The van der Waals surface area contributed by atoms with Crippen molar-refractivity contribution < 1.29 is 60.3 Å². The second-order valence-corrected chi connectivity index (χ2v) is 15.1. The molecule has 3 heterocycles. The van der Waals surface area contributed by atoms with Crippen LogP contribution in [0.15, 0.2) is 84.9 Å². The van der Waals surface area contributed by atoms with Gasteiger partial charge in [-0.25, -0.2) is 15.3 Å². The van der Waals surface area contributed by atoms with Crippen molar-refractivity contribution in [2.24, 2.45) is 21.1 Å². The predicted octanol–water partition coefficient (Wildman–Crippen LogP) is 9.97. The van der Waals surface area contributed by atoms with E-state index in [4.69, 9.17) is 0 Å². The van der Waals surface area contributed by atoms with Crippen molar-refractivity contribution in [3.63, 3.8) is 0 Å². The minimum absolute atomic E-state index is 0. The van der Waals surface area contributed by atoms with E-state index in [-0.39, 0.29) is 65.7 Å². The van der Waals surface area contributed by atoms with Crippen LogP contribution in [0.25, 0.3) is 45.3 Å². The molecule has 7 aromatic rings. The molecule has 0 spiro atoms. The molecule has 0 atom stereocenters. The average Bonchev–Trinajstić information content (AvgIpc) is 3.88. The van der Waals surface area contributed by atoms with E-state index in [0.29, 0.717) is 0 Å². The van der Waals surface area contributed by atoms with E-state index in [9.17, 15) is 0 Å². The van der Waals surface area contributed by atoms with Gasteiger partial charge in [0, 0.05) is 101 Å². The second kappa shape index (κ2) is 24.5. The molecule has 0 saturated heterocycles. The van der Waals surface area contributed by atoms with Crippen molar-refractivity contribution in [1.29, 1.82) is 0 Å². The third-order valence-corrected chi connectivity index (χ3v) is 9.27. The minimum Gasteiger partial charge on any atom is -0.263 e. The standard InChI is InChI=1S/C22H26N3.C13H16N3.C12H14N3.3Ir/c1-6-7-20-23-21(24-25(20)5)18-10-8-16(9-11-18)17-12-14-19(15-13-17)22(2,3)4;1-4-6-12-14-13(15-16(12)3)11-8-5-7-10(2)9-11;1-3-7-11-13-12(14-15(11)2)10-8-5-4-6-9-10;;;/h8-10,12-15H,6-7H2,1-5H3;5,7,9H,4,6H2,1-3H3;4-6,8H,3,7H2,1-2H3;;;/q3*-1;;;. The SMILES string of the molecule is CCCc1nc(-c2[c-]cc(-c3ccc(C(C)(C)C)cc3)cc2)nn1C.CCCc1nc(-c2[c-]ccc(C)c2)nn1C.CCCc1nc(-c2[c-]cccc2)nn1C.[Ir].[Ir].[Ir]. The zero-order chi connectivity index (χ0) is 40.2. The molecule has 9 nitrogen and oxygen atoms in total. The van der Waals surface area contributed by atoms with E-state index in [1.807, 2.05) is 77.7 Å². The fourth-order valence-corrected chi connectivity index (χ4v) is 6.06. The summed E-state index contributed by atoms with van der Waals surface area (Å²) in [6.07, 6.45) is 6.13. The van der Waals surface area contributed by atoms with Crippen LogP contribution >= 0.6 is 0 Å². The van der Waals surface area contributed by atoms with Gasteiger partial charge in [-0.2, -0.15) is 0 Å². The van der Waals surface area contributed by atoms with Crippen LogP contribution in [0.1, 0.15) is 89.4 Å². The summed E-state index contributed by atoms with van der Waals surface area (Å²) in [4.78, 5) is 13.7. The normalized spacial score (nSPS) is 10.5. The van der Waals surface area contributed by atoms with Crippen molar-refractivity contribution in [3.05, 3.63) is 132 Å². The summed E-state index contributed by atoms with van der Waals surface area (Å²) in [5, 5.41) is 13.3. The summed E-state index contributed by atoms with van der Waals surface area (Å²) < 4.78 is 5.57. The number of hydrogen-bond donors (Lipinski definition) is 0. The molecule has 0 saturated carbocycles. The molecule has 59 heavy (non-hydrogen) atoms. The number of benzene rings is 4. The van der Waals surface area contributed by atoms with Crippen molar-refractivity contribution in [2.75, 3.05) is 0 Å². The molecular weight excluding hydrogens is 1270 g/mol. The number of rotatable bonds is 10. The van der Waals surface area contributed by atoms with Gasteiger partial charge < -0.3 is 0 Å². The Morgan fingerprint density at radius 1 is 0.525 bits per heavy atom. The molecule has 3 radical (unpaired) electrons. The van der Waals surface area contributed by atoms with Gasteiger partial charge in [0.05, 0.1) is 17.5 Å². The molecule has 4 aromatic carbocycles. The summed E-state index contributed by atoms with van der Waals surface area (Å²) in [5.74, 6) is 5.38.